The van der Waals surface area contributed by atoms with Crippen molar-refractivity contribution in [2.45, 2.75) is 5.92 Å². The Kier molecular flexibility index (Phi) is 5.70. The van der Waals surface area contributed by atoms with E-state index in [1.807, 2.05) is 36.5 Å². The van der Waals surface area contributed by atoms with Crippen molar-refractivity contribution >= 4 is 16.8 Å². The molecule has 3 aromatic carbocycles. The van der Waals surface area contributed by atoms with Crippen LogP contribution in [0.15, 0.2) is 79.0 Å². The highest BCUT2D eigenvalue weighted by atomic mass is 16.5. The van der Waals surface area contributed by atoms with E-state index in [2.05, 4.69) is 34.6 Å². The Balaban J connectivity index is 1.65. The summed E-state index contributed by atoms with van der Waals surface area (Å²) >= 11 is 0. The summed E-state index contributed by atoms with van der Waals surface area (Å²) in [5.74, 6) is 0.920. The number of ether oxygens (including phenoxy) is 2. The van der Waals surface area contributed by atoms with Gasteiger partial charge in [-0.15, -0.1) is 0 Å². The summed E-state index contributed by atoms with van der Waals surface area (Å²) in [6.07, 6.45) is 2.03. The molecule has 0 aliphatic rings. The minimum atomic E-state index is -0.202. The number of H-pyrrole nitrogens is 1. The lowest BCUT2D eigenvalue weighted by Gasteiger charge is -2.19. The molecule has 1 heterocycles. The molecule has 5 nitrogen and oxygen atoms in total. The number of rotatable bonds is 7. The number of hydrogen-bond donors (Lipinski definition) is 2. The Morgan fingerprint density at radius 1 is 0.967 bits per heavy atom. The van der Waals surface area contributed by atoms with Gasteiger partial charge in [0.15, 0.2) is 0 Å². The van der Waals surface area contributed by atoms with Gasteiger partial charge in [-0.05, 0) is 35.4 Å². The first kappa shape index (κ1) is 19.6. The first-order valence-corrected chi connectivity index (χ1v) is 9.82. The lowest BCUT2D eigenvalue weighted by Crippen LogP contribution is -2.29. The Labute approximate surface area is 175 Å². The van der Waals surface area contributed by atoms with Crippen LogP contribution in [0.25, 0.3) is 10.9 Å². The van der Waals surface area contributed by atoms with Gasteiger partial charge < -0.3 is 19.8 Å². The summed E-state index contributed by atoms with van der Waals surface area (Å²) in [7, 11) is 3.13. The van der Waals surface area contributed by atoms with Gasteiger partial charge in [-0.2, -0.15) is 0 Å². The van der Waals surface area contributed by atoms with Crippen molar-refractivity contribution in [3.05, 3.63) is 95.7 Å². The topological polar surface area (TPSA) is 63.4 Å². The molecule has 0 saturated heterocycles. The Hall–Kier alpha value is -3.73. The van der Waals surface area contributed by atoms with Crippen LogP contribution in [0.2, 0.25) is 0 Å². The van der Waals surface area contributed by atoms with Crippen LogP contribution in [-0.2, 0) is 0 Å². The van der Waals surface area contributed by atoms with Crippen molar-refractivity contribution in [2.24, 2.45) is 0 Å². The van der Waals surface area contributed by atoms with E-state index >= 15 is 0 Å². The fraction of sp³-hybridized carbons (Fsp3) is 0.160. The smallest absolute Gasteiger partial charge is 0.255 e. The van der Waals surface area contributed by atoms with Crippen molar-refractivity contribution in [2.75, 3.05) is 20.8 Å². The number of hydrogen-bond acceptors (Lipinski definition) is 3. The van der Waals surface area contributed by atoms with Gasteiger partial charge in [0.2, 0.25) is 0 Å². The molecule has 0 spiro atoms. The van der Waals surface area contributed by atoms with E-state index in [1.54, 1.807) is 32.4 Å². The third kappa shape index (κ3) is 3.87. The van der Waals surface area contributed by atoms with Crippen molar-refractivity contribution in [3.63, 3.8) is 0 Å². The van der Waals surface area contributed by atoms with Gasteiger partial charge in [0.25, 0.3) is 5.91 Å². The zero-order valence-electron chi connectivity index (χ0n) is 17.0. The normalized spacial score (nSPS) is 11.8. The molecule has 4 rings (SSSR count). The second-order valence-electron chi connectivity index (χ2n) is 7.03. The highest BCUT2D eigenvalue weighted by molar-refractivity contribution is 5.97. The van der Waals surface area contributed by atoms with Crippen LogP contribution in [0.1, 0.15) is 27.4 Å². The average Bonchev–Trinajstić information content (AvgIpc) is 3.23. The molecule has 5 heteroatoms. The lowest BCUT2D eigenvalue weighted by atomic mass is 9.91. The van der Waals surface area contributed by atoms with Crippen LogP contribution in [0, 0.1) is 0 Å². The predicted octanol–water partition coefficient (Wildman–Crippen LogP) is 4.75. The SMILES string of the molecule is COc1ccc(OC)c(C(=O)NCC(c2ccccc2)c2c[nH]c3ccccc23)c1. The number of nitrogens with one attached hydrogen (secondary N) is 2. The van der Waals surface area contributed by atoms with Crippen LogP contribution >= 0.6 is 0 Å². The lowest BCUT2D eigenvalue weighted by molar-refractivity contribution is 0.0949. The number of carbonyl (C=O) groups excluding carboxylic acids is 1. The highest BCUT2D eigenvalue weighted by Crippen LogP contribution is 2.31. The molecule has 1 unspecified atom stereocenters. The van der Waals surface area contributed by atoms with E-state index in [-0.39, 0.29) is 11.8 Å². The Bertz CT molecular complexity index is 1150. The van der Waals surface area contributed by atoms with Gasteiger partial charge in [-0.1, -0.05) is 48.5 Å². The van der Waals surface area contributed by atoms with Crippen LogP contribution in [0.3, 0.4) is 0 Å². The van der Waals surface area contributed by atoms with Crippen LogP contribution in [0.5, 0.6) is 11.5 Å². The quantitative estimate of drug-likeness (QED) is 0.471. The number of carbonyl (C=O) groups is 1. The minimum absolute atomic E-state index is 0.00269. The molecule has 0 bridgehead atoms. The predicted molar refractivity (Wildman–Crippen MR) is 118 cm³/mol. The Morgan fingerprint density at radius 3 is 2.50 bits per heavy atom. The zero-order valence-corrected chi connectivity index (χ0v) is 17.0. The van der Waals surface area contributed by atoms with Gasteiger partial charge in [0.1, 0.15) is 11.5 Å². The third-order valence-corrected chi connectivity index (χ3v) is 5.32. The maximum absolute atomic E-state index is 13.0. The molecule has 2 N–H and O–H groups in total. The number of aromatic amines is 1. The monoisotopic (exact) mass is 400 g/mol. The van der Waals surface area contributed by atoms with E-state index < -0.39 is 0 Å². The van der Waals surface area contributed by atoms with E-state index in [4.69, 9.17) is 9.47 Å². The average molecular weight is 400 g/mol. The molecule has 0 radical (unpaired) electrons. The summed E-state index contributed by atoms with van der Waals surface area (Å²) < 4.78 is 10.6. The summed E-state index contributed by atoms with van der Waals surface area (Å²) in [6, 6.07) is 23.6. The number of para-hydroxylation sites is 1. The van der Waals surface area contributed by atoms with Crippen molar-refractivity contribution in [1.29, 1.82) is 0 Å². The van der Waals surface area contributed by atoms with E-state index in [0.717, 1.165) is 22.0 Å². The van der Waals surface area contributed by atoms with Crippen LogP contribution in [-0.4, -0.2) is 31.7 Å². The van der Waals surface area contributed by atoms with E-state index in [9.17, 15) is 4.79 Å². The number of fused-ring (bicyclic) bond motifs is 1. The molecular formula is C25H24N2O3. The van der Waals surface area contributed by atoms with E-state index in [1.165, 1.54) is 0 Å². The molecular weight excluding hydrogens is 376 g/mol. The van der Waals surface area contributed by atoms with Gasteiger partial charge in [0, 0.05) is 29.6 Å². The standard InChI is InChI=1S/C25H24N2O3/c1-29-18-12-13-24(30-2)20(14-18)25(28)27-15-21(17-8-4-3-5-9-17)22-16-26-23-11-7-6-10-19(22)23/h3-14,16,21,26H,15H2,1-2H3,(H,27,28). The molecule has 0 aliphatic heterocycles. The maximum atomic E-state index is 13.0. The molecule has 0 aliphatic carbocycles. The second-order valence-corrected chi connectivity index (χ2v) is 7.03. The first-order valence-electron chi connectivity index (χ1n) is 9.82. The number of aromatic nitrogens is 1. The number of methoxy groups -OCH3 is 2. The number of benzene rings is 3. The van der Waals surface area contributed by atoms with E-state index in [0.29, 0.717) is 23.6 Å². The number of amides is 1. The van der Waals surface area contributed by atoms with Gasteiger partial charge in [0.05, 0.1) is 19.8 Å². The van der Waals surface area contributed by atoms with Gasteiger partial charge in [-0.3, -0.25) is 4.79 Å². The van der Waals surface area contributed by atoms with Gasteiger partial charge >= 0.3 is 0 Å². The molecule has 1 amide bonds. The highest BCUT2D eigenvalue weighted by Gasteiger charge is 2.20. The largest absolute Gasteiger partial charge is 0.497 e. The van der Waals surface area contributed by atoms with Crippen LogP contribution < -0.4 is 14.8 Å². The minimum Gasteiger partial charge on any atom is -0.497 e. The third-order valence-electron chi connectivity index (χ3n) is 5.32. The fourth-order valence-electron chi connectivity index (χ4n) is 3.76. The molecule has 152 valence electrons. The summed E-state index contributed by atoms with van der Waals surface area (Å²) in [4.78, 5) is 16.3. The molecule has 0 fully saturated rings. The van der Waals surface area contributed by atoms with Crippen LogP contribution in [0.4, 0.5) is 0 Å². The summed E-state index contributed by atoms with van der Waals surface area (Å²) in [5.41, 5.74) is 3.81. The maximum Gasteiger partial charge on any atom is 0.255 e. The second kappa shape index (κ2) is 8.74. The molecule has 0 saturated carbocycles. The fourth-order valence-corrected chi connectivity index (χ4v) is 3.76. The molecule has 1 aromatic heterocycles. The summed E-state index contributed by atoms with van der Waals surface area (Å²) in [5, 5.41) is 4.24. The van der Waals surface area contributed by atoms with Crippen molar-refractivity contribution in [1.82, 2.24) is 10.3 Å². The molecule has 30 heavy (non-hydrogen) atoms. The van der Waals surface area contributed by atoms with Gasteiger partial charge in [-0.25, -0.2) is 0 Å². The molecule has 4 aromatic rings. The molecule has 1 atom stereocenters. The summed E-state index contributed by atoms with van der Waals surface area (Å²) in [6.45, 7) is 0.449. The van der Waals surface area contributed by atoms with Crippen molar-refractivity contribution in [3.8, 4) is 11.5 Å². The first-order chi connectivity index (χ1) is 14.7. The Morgan fingerprint density at radius 2 is 1.73 bits per heavy atom. The van der Waals surface area contributed by atoms with Crippen molar-refractivity contribution < 1.29 is 14.3 Å². The zero-order chi connectivity index (χ0) is 20.9.